The number of allylic oxidation sites excluding steroid dienone is 1. The van der Waals surface area contributed by atoms with Crippen LogP contribution in [-0.4, -0.2) is 64.1 Å². The van der Waals surface area contributed by atoms with Gasteiger partial charge in [0.1, 0.15) is 11.5 Å². The topological polar surface area (TPSA) is 144 Å². The number of hydrogen-bond donors (Lipinski definition) is 6. The number of nitrogens with two attached hydrogens (primary N) is 2. The minimum Gasteiger partial charge on any atom is -0.403 e. The van der Waals surface area contributed by atoms with Gasteiger partial charge < -0.3 is 36.9 Å². The number of amides is 1. The van der Waals surface area contributed by atoms with Crippen molar-refractivity contribution in [2.75, 3.05) is 38.5 Å². The van der Waals surface area contributed by atoms with Gasteiger partial charge >= 0.3 is 0 Å². The van der Waals surface area contributed by atoms with E-state index in [0.29, 0.717) is 17.2 Å². The van der Waals surface area contributed by atoms with Crippen molar-refractivity contribution in [2.45, 2.75) is 0 Å². The van der Waals surface area contributed by atoms with E-state index < -0.39 is 0 Å². The van der Waals surface area contributed by atoms with Gasteiger partial charge in [-0.05, 0) is 42.9 Å². The molecule has 0 unspecified atom stereocenters. The van der Waals surface area contributed by atoms with E-state index in [4.69, 9.17) is 11.5 Å². The standard InChI is InChI=1S/C27H31N9O/c1-35-8-10-36(11-9-35)26(29)14-23(15-28)33-27(37)25-12-19-4-7-22(13-24(19)34-25)32-21-5-2-18(3-6-21)20-16-30-31-17-20/h2-7,12-17,32,34H,8-11,28-29H2,1H3,(H,30,31)(H,33,37)/b23-15+,26-14+. The van der Waals surface area contributed by atoms with E-state index in [1.807, 2.05) is 54.7 Å². The van der Waals surface area contributed by atoms with Gasteiger partial charge in [-0.3, -0.25) is 9.89 Å². The van der Waals surface area contributed by atoms with Crippen LogP contribution in [0.1, 0.15) is 10.5 Å². The molecule has 10 nitrogen and oxygen atoms in total. The fraction of sp³-hybridized carbons (Fsp3) is 0.185. The van der Waals surface area contributed by atoms with Crippen LogP contribution in [0.15, 0.2) is 84.7 Å². The predicted octanol–water partition coefficient (Wildman–Crippen LogP) is 2.88. The first-order chi connectivity index (χ1) is 18.0. The number of aromatic amines is 2. The van der Waals surface area contributed by atoms with Crippen molar-refractivity contribution >= 4 is 28.2 Å². The number of H-pyrrole nitrogens is 2. The van der Waals surface area contributed by atoms with Crippen LogP contribution >= 0.6 is 0 Å². The lowest BCUT2D eigenvalue weighted by Crippen LogP contribution is -2.45. The highest BCUT2D eigenvalue weighted by Crippen LogP contribution is 2.25. The molecule has 190 valence electrons. The number of hydrogen-bond acceptors (Lipinski definition) is 7. The van der Waals surface area contributed by atoms with Crippen molar-refractivity contribution in [1.29, 1.82) is 0 Å². The molecule has 0 atom stereocenters. The first-order valence-electron chi connectivity index (χ1n) is 12.1. The number of rotatable bonds is 7. The molecule has 10 heteroatoms. The van der Waals surface area contributed by atoms with Crippen molar-refractivity contribution < 1.29 is 4.79 Å². The van der Waals surface area contributed by atoms with Gasteiger partial charge in [0.05, 0.1) is 11.9 Å². The normalized spacial score (nSPS) is 15.2. The highest BCUT2D eigenvalue weighted by molar-refractivity contribution is 5.99. The average molecular weight is 498 g/mol. The lowest BCUT2D eigenvalue weighted by Gasteiger charge is -2.34. The third kappa shape index (κ3) is 5.60. The molecule has 2 aromatic heterocycles. The van der Waals surface area contributed by atoms with Crippen LogP contribution < -0.4 is 22.1 Å². The molecular formula is C27H31N9O. The van der Waals surface area contributed by atoms with Crippen LogP contribution in [0.5, 0.6) is 0 Å². The van der Waals surface area contributed by atoms with E-state index in [1.165, 1.54) is 6.20 Å². The molecule has 1 fully saturated rings. The van der Waals surface area contributed by atoms with E-state index in [9.17, 15) is 4.79 Å². The van der Waals surface area contributed by atoms with Gasteiger partial charge in [-0.1, -0.05) is 18.2 Å². The van der Waals surface area contributed by atoms with E-state index in [2.05, 4.69) is 42.7 Å². The molecule has 0 bridgehead atoms. The van der Waals surface area contributed by atoms with Gasteiger partial charge in [-0.25, -0.2) is 0 Å². The van der Waals surface area contributed by atoms with E-state index in [0.717, 1.165) is 59.6 Å². The second-order valence-corrected chi connectivity index (χ2v) is 9.11. The maximum atomic E-state index is 12.9. The summed E-state index contributed by atoms with van der Waals surface area (Å²) >= 11 is 0. The summed E-state index contributed by atoms with van der Waals surface area (Å²) in [7, 11) is 2.09. The van der Waals surface area contributed by atoms with Crippen LogP contribution in [0.4, 0.5) is 11.4 Å². The Balaban J connectivity index is 1.25. The molecule has 1 saturated heterocycles. The predicted molar refractivity (Wildman–Crippen MR) is 147 cm³/mol. The number of fused-ring (bicyclic) bond motifs is 1. The zero-order chi connectivity index (χ0) is 25.8. The van der Waals surface area contributed by atoms with Crippen LogP contribution in [0.3, 0.4) is 0 Å². The second kappa shape index (κ2) is 10.5. The minimum absolute atomic E-state index is 0.292. The Bertz CT molecular complexity index is 1430. The highest BCUT2D eigenvalue weighted by Gasteiger charge is 2.16. The molecule has 5 rings (SSSR count). The van der Waals surface area contributed by atoms with Crippen LogP contribution in [0.25, 0.3) is 22.0 Å². The Morgan fingerprint density at radius 1 is 1.03 bits per heavy atom. The van der Waals surface area contributed by atoms with Gasteiger partial charge in [-0.15, -0.1) is 0 Å². The molecule has 37 heavy (non-hydrogen) atoms. The SMILES string of the molecule is CN1CCN(/C(N)=C/C(=C\N)NC(=O)c2cc3ccc(Nc4ccc(-c5cn[nH]c5)cc4)cc3[nH]2)CC1. The molecule has 1 aliphatic rings. The number of carbonyl (C=O) groups excluding carboxylic acids is 1. The Hall–Kier alpha value is -4.70. The van der Waals surface area contributed by atoms with Gasteiger partial charge in [0.25, 0.3) is 5.91 Å². The number of likely N-dealkylation sites (N-methyl/N-ethyl adjacent to an activating group) is 1. The van der Waals surface area contributed by atoms with E-state index in [-0.39, 0.29) is 5.91 Å². The van der Waals surface area contributed by atoms with Gasteiger partial charge in [-0.2, -0.15) is 5.10 Å². The second-order valence-electron chi connectivity index (χ2n) is 9.11. The number of nitrogens with one attached hydrogen (secondary N) is 4. The molecule has 8 N–H and O–H groups in total. The zero-order valence-corrected chi connectivity index (χ0v) is 20.7. The third-order valence-corrected chi connectivity index (χ3v) is 6.48. The quantitative estimate of drug-likeness (QED) is 0.215. The monoisotopic (exact) mass is 497 g/mol. The first-order valence-corrected chi connectivity index (χ1v) is 12.1. The summed E-state index contributed by atoms with van der Waals surface area (Å²) < 4.78 is 0. The summed E-state index contributed by atoms with van der Waals surface area (Å²) in [6.45, 7) is 3.53. The van der Waals surface area contributed by atoms with Crippen molar-refractivity contribution in [3.63, 3.8) is 0 Å². The van der Waals surface area contributed by atoms with Crippen molar-refractivity contribution in [3.05, 3.63) is 90.4 Å². The molecule has 0 radical (unpaired) electrons. The molecule has 1 amide bonds. The largest absolute Gasteiger partial charge is 0.403 e. The number of anilines is 2. The summed E-state index contributed by atoms with van der Waals surface area (Å²) in [5.41, 5.74) is 17.7. The fourth-order valence-electron chi connectivity index (χ4n) is 4.29. The maximum Gasteiger partial charge on any atom is 0.272 e. The van der Waals surface area contributed by atoms with Crippen LogP contribution in [0.2, 0.25) is 0 Å². The maximum absolute atomic E-state index is 12.9. The molecule has 2 aromatic carbocycles. The molecule has 0 aliphatic carbocycles. The summed E-state index contributed by atoms with van der Waals surface area (Å²) in [4.78, 5) is 20.5. The van der Waals surface area contributed by atoms with Gasteiger partial charge in [0, 0.05) is 72.5 Å². The average Bonchev–Trinajstić information content (AvgIpc) is 3.59. The van der Waals surface area contributed by atoms with Crippen molar-refractivity contribution in [3.8, 4) is 11.1 Å². The Morgan fingerprint density at radius 3 is 2.49 bits per heavy atom. The van der Waals surface area contributed by atoms with Crippen LogP contribution in [0, 0.1) is 0 Å². The number of piperazine rings is 1. The Morgan fingerprint density at radius 2 is 1.78 bits per heavy atom. The molecule has 1 aliphatic heterocycles. The molecule has 0 spiro atoms. The Labute approximate surface area is 215 Å². The zero-order valence-electron chi connectivity index (χ0n) is 20.7. The lowest BCUT2D eigenvalue weighted by atomic mass is 10.1. The Kier molecular flexibility index (Phi) is 6.82. The number of nitrogens with zero attached hydrogens (tertiary/aromatic N) is 3. The fourth-order valence-corrected chi connectivity index (χ4v) is 4.29. The van der Waals surface area contributed by atoms with E-state index in [1.54, 1.807) is 12.3 Å². The highest BCUT2D eigenvalue weighted by atomic mass is 16.1. The summed E-state index contributed by atoms with van der Waals surface area (Å²) in [6.07, 6.45) is 6.70. The number of benzene rings is 2. The van der Waals surface area contributed by atoms with Gasteiger partial charge in [0.15, 0.2) is 0 Å². The van der Waals surface area contributed by atoms with E-state index >= 15 is 0 Å². The minimum atomic E-state index is -0.292. The molecule has 4 aromatic rings. The van der Waals surface area contributed by atoms with Gasteiger partial charge in [0.2, 0.25) is 0 Å². The summed E-state index contributed by atoms with van der Waals surface area (Å²) in [5, 5.41) is 14.0. The first kappa shape index (κ1) is 24.0. The van der Waals surface area contributed by atoms with Crippen molar-refractivity contribution in [2.24, 2.45) is 11.5 Å². The van der Waals surface area contributed by atoms with Crippen molar-refractivity contribution in [1.82, 2.24) is 30.3 Å². The molecular weight excluding hydrogens is 466 g/mol. The van der Waals surface area contributed by atoms with Crippen LogP contribution in [-0.2, 0) is 0 Å². The number of aromatic nitrogens is 3. The lowest BCUT2D eigenvalue weighted by molar-refractivity contribution is 0.0963. The number of carbonyl (C=O) groups is 1. The molecule has 0 saturated carbocycles. The third-order valence-electron chi connectivity index (χ3n) is 6.48. The smallest absolute Gasteiger partial charge is 0.272 e. The summed E-state index contributed by atoms with van der Waals surface area (Å²) in [5.74, 6) is 0.287. The molecule has 3 heterocycles. The summed E-state index contributed by atoms with van der Waals surface area (Å²) in [6, 6.07) is 15.8.